The van der Waals surface area contributed by atoms with Gasteiger partial charge in [0.1, 0.15) is 0 Å². The van der Waals surface area contributed by atoms with E-state index in [1.807, 2.05) is 0 Å². The Bertz CT molecular complexity index is 613. The second-order valence-electron chi connectivity index (χ2n) is 8.53. The van der Waals surface area contributed by atoms with Gasteiger partial charge in [-0.1, -0.05) is 12.8 Å². The summed E-state index contributed by atoms with van der Waals surface area (Å²) in [5.74, 6) is 1.85. The van der Waals surface area contributed by atoms with Crippen molar-refractivity contribution in [2.45, 2.75) is 51.0 Å². The molecule has 0 bridgehead atoms. The predicted molar refractivity (Wildman–Crippen MR) is 114 cm³/mol. The lowest BCUT2D eigenvalue weighted by molar-refractivity contribution is 0.156. The normalized spacial score (nSPS) is 34.5. The van der Waals surface area contributed by atoms with Crippen molar-refractivity contribution >= 4 is 39.8 Å². The van der Waals surface area contributed by atoms with E-state index in [2.05, 4.69) is 10.2 Å². The maximum atomic E-state index is 11.7. The van der Waals surface area contributed by atoms with E-state index in [1.54, 1.807) is 0 Å². The molecular weight excluding hydrogens is 465 g/mol. The first-order valence-corrected chi connectivity index (χ1v) is 11.7. The van der Waals surface area contributed by atoms with E-state index >= 15 is 0 Å². The molecule has 4 rings (SSSR count). The van der Waals surface area contributed by atoms with Gasteiger partial charge in [0.2, 0.25) is 0 Å². The number of sulfone groups is 1. The number of guanidine groups is 1. The average molecular weight is 497 g/mol. The highest BCUT2D eigenvalue weighted by Gasteiger charge is 2.42. The predicted octanol–water partition coefficient (Wildman–Crippen LogP) is 2.04. The molecular formula is C18H32IN3O3S. The minimum atomic E-state index is -2.82. The van der Waals surface area contributed by atoms with Crippen LogP contribution in [0.5, 0.6) is 0 Å². The number of likely N-dealkylation sites (tertiary alicyclic amines) is 1. The molecule has 8 heteroatoms. The highest BCUT2D eigenvalue weighted by molar-refractivity contribution is 14.0. The Labute approximate surface area is 174 Å². The zero-order valence-corrected chi connectivity index (χ0v) is 18.6. The molecule has 0 aromatic rings. The molecule has 0 aromatic carbocycles. The maximum Gasteiger partial charge on any atom is 0.194 e. The third-order valence-corrected chi connectivity index (χ3v) is 8.27. The first-order chi connectivity index (χ1) is 12.0. The summed E-state index contributed by atoms with van der Waals surface area (Å²) in [7, 11) is -2.82. The number of rotatable bonds is 3. The van der Waals surface area contributed by atoms with Gasteiger partial charge in [-0.2, -0.15) is 0 Å². The van der Waals surface area contributed by atoms with Gasteiger partial charge in [-0.05, 0) is 38.0 Å². The Morgan fingerprint density at radius 1 is 1.23 bits per heavy atom. The molecule has 26 heavy (non-hydrogen) atoms. The van der Waals surface area contributed by atoms with Crippen LogP contribution in [0.15, 0.2) is 4.99 Å². The van der Waals surface area contributed by atoms with Gasteiger partial charge in [-0.25, -0.2) is 8.42 Å². The molecule has 4 aliphatic rings. The van der Waals surface area contributed by atoms with E-state index in [0.717, 1.165) is 45.1 Å². The molecule has 0 aromatic heterocycles. The van der Waals surface area contributed by atoms with Crippen molar-refractivity contribution in [3.05, 3.63) is 0 Å². The lowest BCUT2D eigenvalue weighted by Gasteiger charge is -2.27. The molecule has 3 heterocycles. The van der Waals surface area contributed by atoms with E-state index in [-0.39, 0.29) is 29.9 Å². The summed E-state index contributed by atoms with van der Waals surface area (Å²) in [5, 5.41) is 3.69. The van der Waals surface area contributed by atoms with Gasteiger partial charge >= 0.3 is 0 Å². The van der Waals surface area contributed by atoms with Crippen LogP contribution in [0.1, 0.15) is 44.9 Å². The number of nitrogens with zero attached hydrogens (tertiary/aromatic N) is 2. The van der Waals surface area contributed by atoms with Crippen LogP contribution in [0.3, 0.4) is 0 Å². The van der Waals surface area contributed by atoms with Crippen LogP contribution >= 0.6 is 24.0 Å². The van der Waals surface area contributed by atoms with Gasteiger partial charge in [0.25, 0.3) is 0 Å². The fourth-order valence-electron chi connectivity index (χ4n) is 4.81. The topological polar surface area (TPSA) is 71.0 Å². The van der Waals surface area contributed by atoms with Crippen molar-refractivity contribution in [3.63, 3.8) is 0 Å². The SMILES string of the molecule is I.O=S1(=O)CCC(CN=C(NC2CCCC2)N2CCC3(CCOC3)C2)C1. The van der Waals surface area contributed by atoms with Crippen molar-refractivity contribution in [2.75, 3.05) is 44.4 Å². The summed E-state index contributed by atoms with van der Waals surface area (Å²) in [6.07, 6.45) is 8.13. The highest BCUT2D eigenvalue weighted by atomic mass is 127. The van der Waals surface area contributed by atoms with Gasteiger partial charge in [0.15, 0.2) is 15.8 Å². The summed E-state index contributed by atoms with van der Waals surface area (Å²) in [5.41, 5.74) is 0.314. The van der Waals surface area contributed by atoms with E-state index in [1.165, 1.54) is 32.1 Å². The van der Waals surface area contributed by atoms with Crippen LogP contribution < -0.4 is 5.32 Å². The molecule has 2 atom stereocenters. The molecule has 150 valence electrons. The lowest BCUT2D eigenvalue weighted by Crippen LogP contribution is -2.45. The summed E-state index contributed by atoms with van der Waals surface area (Å²) in [4.78, 5) is 7.30. The summed E-state index contributed by atoms with van der Waals surface area (Å²) in [6.45, 7) is 4.45. The highest BCUT2D eigenvalue weighted by Crippen LogP contribution is 2.38. The molecule has 0 radical (unpaired) electrons. The summed E-state index contributed by atoms with van der Waals surface area (Å²) in [6, 6.07) is 0.530. The Morgan fingerprint density at radius 2 is 2.04 bits per heavy atom. The number of halogens is 1. The van der Waals surface area contributed by atoms with Gasteiger partial charge in [0, 0.05) is 37.7 Å². The third-order valence-electron chi connectivity index (χ3n) is 6.44. The number of aliphatic imine (C=N–C) groups is 1. The zero-order chi connectivity index (χ0) is 17.3. The van der Waals surface area contributed by atoms with E-state index < -0.39 is 9.84 Å². The lowest BCUT2D eigenvalue weighted by atomic mass is 9.87. The standard InChI is InChI=1S/C18H31N3O3S.HI/c22-25(23)10-5-15(12-25)11-19-17(20-16-3-1-2-4-16)21-8-6-18(13-21)7-9-24-14-18;/h15-16H,1-14H2,(H,19,20);1H. The minimum absolute atomic E-state index is 0. The van der Waals surface area contributed by atoms with Crippen LogP contribution in [-0.2, 0) is 14.6 Å². The van der Waals surface area contributed by atoms with Gasteiger partial charge in [-0.3, -0.25) is 4.99 Å². The molecule has 3 saturated heterocycles. The fraction of sp³-hybridized carbons (Fsp3) is 0.944. The van der Waals surface area contributed by atoms with Crippen LogP contribution in [0.2, 0.25) is 0 Å². The van der Waals surface area contributed by atoms with E-state index in [0.29, 0.717) is 29.5 Å². The van der Waals surface area contributed by atoms with Crippen LogP contribution in [0, 0.1) is 11.3 Å². The number of hydrogen-bond acceptors (Lipinski definition) is 4. The number of hydrogen-bond donors (Lipinski definition) is 1. The largest absolute Gasteiger partial charge is 0.381 e. The first kappa shape index (κ1) is 20.6. The van der Waals surface area contributed by atoms with Crippen molar-refractivity contribution < 1.29 is 13.2 Å². The average Bonchev–Trinajstić information content (AvgIpc) is 3.35. The van der Waals surface area contributed by atoms with Crippen LogP contribution in [-0.4, -0.2) is 69.7 Å². The maximum absolute atomic E-state index is 11.7. The zero-order valence-electron chi connectivity index (χ0n) is 15.5. The molecule has 1 saturated carbocycles. The first-order valence-electron chi connectivity index (χ1n) is 9.88. The summed E-state index contributed by atoms with van der Waals surface area (Å²) < 4.78 is 29.1. The monoisotopic (exact) mass is 497 g/mol. The van der Waals surface area contributed by atoms with Crippen LogP contribution in [0.4, 0.5) is 0 Å². The Balaban J connectivity index is 0.00000196. The smallest absolute Gasteiger partial charge is 0.194 e. The molecule has 6 nitrogen and oxygen atoms in total. The van der Waals surface area contributed by atoms with E-state index in [4.69, 9.17) is 9.73 Å². The van der Waals surface area contributed by atoms with Gasteiger partial charge in [0.05, 0.1) is 18.1 Å². The van der Waals surface area contributed by atoms with Crippen molar-refractivity contribution in [3.8, 4) is 0 Å². The number of nitrogens with one attached hydrogen (secondary N) is 1. The Hall–Kier alpha value is -0.0900. The summed E-state index contributed by atoms with van der Waals surface area (Å²) >= 11 is 0. The second kappa shape index (κ2) is 8.51. The van der Waals surface area contributed by atoms with Gasteiger partial charge in [-0.15, -0.1) is 24.0 Å². The Kier molecular flexibility index (Phi) is 6.75. The molecule has 0 amide bonds. The number of ether oxygens (including phenoxy) is 1. The molecule has 1 spiro atoms. The van der Waals surface area contributed by atoms with Gasteiger partial charge < -0.3 is 15.0 Å². The third kappa shape index (κ3) is 4.84. The quantitative estimate of drug-likeness (QED) is 0.367. The van der Waals surface area contributed by atoms with Crippen molar-refractivity contribution in [1.82, 2.24) is 10.2 Å². The molecule has 4 fully saturated rings. The van der Waals surface area contributed by atoms with E-state index in [9.17, 15) is 8.42 Å². The van der Waals surface area contributed by atoms with Crippen LogP contribution in [0.25, 0.3) is 0 Å². The molecule has 1 N–H and O–H groups in total. The fourth-order valence-corrected chi connectivity index (χ4v) is 6.66. The second-order valence-corrected chi connectivity index (χ2v) is 10.8. The molecule has 3 aliphatic heterocycles. The Morgan fingerprint density at radius 3 is 2.69 bits per heavy atom. The van der Waals surface area contributed by atoms with Crippen molar-refractivity contribution in [2.24, 2.45) is 16.3 Å². The molecule has 1 aliphatic carbocycles. The molecule has 2 unspecified atom stereocenters. The minimum Gasteiger partial charge on any atom is -0.381 e. The van der Waals surface area contributed by atoms with Crippen molar-refractivity contribution in [1.29, 1.82) is 0 Å².